The van der Waals surface area contributed by atoms with Crippen molar-refractivity contribution >= 4 is 11.7 Å². The summed E-state index contributed by atoms with van der Waals surface area (Å²) >= 11 is 0. The highest BCUT2D eigenvalue weighted by Gasteiger charge is 2.16. The molecule has 0 radical (unpaired) electrons. The number of carbonyl (C=O) groups is 2. The minimum atomic E-state index is -0.609. The molecule has 0 saturated heterocycles. The second kappa shape index (κ2) is 5.01. The molecule has 0 atom stereocenters. The molecular formula is C13H12FN3O2. The van der Waals surface area contributed by atoms with Gasteiger partial charge in [-0.15, -0.1) is 0 Å². The molecule has 6 heteroatoms. The van der Waals surface area contributed by atoms with E-state index in [1.165, 1.54) is 43.0 Å². The Morgan fingerprint density at radius 1 is 1.32 bits per heavy atom. The number of rotatable bonds is 3. The number of nitrogens with one attached hydrogen (secondary N) is 1. The van der Waals surface area contributed by atoms with Crippen molar-refractivity contribution in [3.63, 3.8) is 0 Å². The van der Waals surface area contributed by atoms with Gasteiger partial charge in [-0.2, -0.15) is 5.10 Å². The van der Waals surface area contributed by atoms with E-state index in [1.807, 2.05) is 0 Å². The van der Waals surface area contributed by atoms with E-state index in [0.717, 1.165) is 0 Å². The van der Waals surface area contributed by atoms with E-state index in [9.17, 15) is 14.0 Å². The molecule has 19 heavy (non-hydrogen) atoms. The number of aromatic nitrogens is 2. The van der Waals surface area contributed by atoms with Gasteiger partial charge in [0.25, 0.3) is 5.91 Å². The maximum absolute atomic E-state index is 13.7. The lowest BCUT2D eigenvalue weighted by Crippen LogP contribution is -2.18. The van der Waals surface area contributed by atoms with E-state index in [1.54, 1.807) is 6.07 Å². The molecule has 0 aliphatic heterocycles. The minimum Gasteiger partial charge on any atom is -0.354 e. The Labute approximate surface area is 109 Å². The van der Waals surface area contributed by atoms with Crippen LogP contribution in [0.4, 0.5) is 4.39 Å². The van der Waals surface area contributed by atoms with Gasteiger partial charge in [0, 0.05) is 13.2 Å². The summed E-state index contributed by atoms with van der Waals surface area (Å²) in [6, 6.07) is 5.76. The highest BCUT2D eigenvalue weighted by Crippen LogP contribution is 2.18. The average Bonchev–Trinajstić information content (AvgIpc) is 2.86. The van der Waals surface area contributed by atoms with E-state index in [-0.39, 0.29) is 17.2 Å². The summed E-state index contributed by atoms with van der Waals surface area (Å²) in [4.78, 5) is 22.9. The van der Waals surface area contributed by atoms with Gasteiger partial charge < -0.3 is 5.32 Å². The largest absolute Gasteiger partial charge is 0.354 e. The molecule has 0 bridgehead atoms. The SMILES string of the molecule is CNC(=O)c1ccn(-c2cccc(F)c2C(C)=O)n1. The van der Waals surface area contributed by atoms with Crippen molar-refractivity contribution in [3.8, 4) is 5.69 Å². The number of ketones is 1. The number of hydrogen-bond donors (Lipinski definition) is 1. The van der Waals surface area contributed by atoms with Gasteiger partial charge >= 0.3 is 0 Å². The van der Waals surface area contributed by atoms with Gasteiger partial charge in [-0.1, -0.05) is 6.07 Å². The quantitative estimate of drug-likeness (QED) is 0.853. The topological polar surface area (TPSA) is 64.0 Å². The summed E-state index contributed by atoms with van der Waals surface area (Å²) in [7, 11) is 1.49. The standard InChI is InChI=1S/C13H12FN3O2/c1-8(18)12-9(14)4-3-5-11(12)17-7-6-10(16-17)13(19)15-2/h3-7H,1-2H3,(H,15,19). The fourth-order valence-electron chi connectivity index (χ4n) is 1.76. The zero-order valence-electron chi connectivity index (χ0n) is 10.5. The predicted octanol–water partition coefficient (Wildman–Crippen LogP) is 1.57. The molecule has 1 aromatic heterocycles. The molecule has 0 unspecified atom stereocenters. The van der Waals surface area contributed by atoms with Gasteiger partial charge in [0.05, 0.1) is 11.3 Å². The Bertz CT molecular complexity index is 649. The van der Waals surface area contributed by atoms with Crippen LogP contribution >= 0.6 is 0 Å². The molecular weight excluding hydrogens is 249 g/mol. The van der Waals surface area contributed by atoms with Gasteiger partial charge in [-0.3, -0.25) is 9.59 Å². The maximum Gasteiger partial charge on any atom is 0.271 e. The van der Waals surface area contributed by atoms with Crippen molar-refractivity contribution in [2.24, 2.45) is 0 Å². The molecule has 1 aromatic carbocycles. The van der Waals surface area contributed by atoms with E-state index >= 15 is 0 Å². The molecule has 0 fully saturated rings. The third-order valence-electron chi connectivity index (χ3n) is 2.64. The van der Waals surface area contributed by atoms with Crippen molar-refractivity contribution in [2.45, 2.75) is 6.92 Å². The molecule has 1 amide bonds. The second-order valence-electron chi connectivity index (χ2n) is 3.91. The summed E-state index contributed by atoms with van der Waals surface area (Å²) in [5.74, 6) is -1.35. The van der Waals surface area contributed by atoms with Crippen LogP contribution in [0.5, 0.6) is 0 Å². The Morgan fingerprint density at radius 2 is 2.05 bits per heavy atom. The summed E-state index contributed by atoms with van der Waals surface area (Å²) < 4.78 is 15.0. The van der Waals surface area contributed by atoms with Gasteiger partial charge in [0.1, 0.15) is 5.82 Å². The molecule has 1 N–H and O–H groups in total. The molecule has 1 heterocycles. The summed E-state index contributed by atoms with van der Waals surface area (Å²) in [6.07, 6.45) is 1.51. The number of halogens is 1. The lowest BCUT2D eigenvalue weighted by Gasteiger charge is -2.07. The maximum atomic E-state index is 13.7. The highest BCUT2D eigenvalue weighted by molar-refractivity contribution is 5.98. The molecule has 98 valence electrons. The van der Waals surface area contributed by atoms with Gasteiger partial charge in [0.15, 0.2) is 11.5 Å². The van der Waals surface area contributed by atoms with Crippen LogP contribution < -0.4 is 5.32 Å². The molecule has 5 nitrogen and oxygen atoms in total. The van der Waals surface area contributed by atoms with Gasteiger partial charge in [-0.05, 0) is 25.1 Å². The average molecular weight is 261 g/mol. The third-order valence-corrected chi connectivity index (χ3v) is 2.64. The Balaban J connectivity index is 2.53. The van der Waals surface area contributed by atoms with E-state index in [4.69, 9.17) is 0 Å². The van der Waals surface area contributed by atoms with Crippen LogP contribution in [-0.2, 0) is 0 Å². The van der Waals surface area contributed by atoms with Crippen LogP contribution in [0, 0.1) is 5.82 Å². The van der Waals surface area contributed by atoms with Gasteiger partial charge in [-0.25, -0.2) is 9.07 Å². The normalized spacial score (nSPS) is 10.3. The highest BCUT2D eigenvalue weighted by atomic mass is 19.1. The van der Waals surface area contributed by atoms with Crippen LogP contribution in [0.2, 0.25) is 0 Å². The second-order valence-corrected chi connectivity index (χ2v) is 3.91. The third kappa shape index (κ3) is 2.37. The predicted molar refractivity (Wildman–Crippen MR) is 66.9 cm³/mol. The van der Waals surface area contributed by atoms with Crippen LogP contribution in [-0.4, -0.2) is 28.5 Å². The first-order chi connectivity index (χ1) is 9.04. The lowest BCUT2D eigenvalue weighted by molar-refractivity contribution is 0.0957. The molecule has 0 aliphatic carbocycles. The summed E-state index contributed by atoms with van der Waals surface area (Å²) in [5.41, 5.74) is 0.456. The van der Waals surface area contributed by atoms with E-state index < -0.39 is 11.6 Å². The van der Waals surface area contributed by atoms with Gasteiger partial charge in [0.2, 0.25) is 0 Å². The van der Waals surface area contributed by atoms with Crippen LogP contribution in [0.1, 0.15) is 27.8 Å². The summed E-state index contributed by atoms with van der Waals surface area (Å²) in [6.45, 7) is 1.28. The number of carbonyl (C=O) groups excluding carboxylic acids is 2. The minimum absolute atomic E-state index is 0.0472. The zero-order chi connectivity index (χ0) is 14.0. The number of Topliss-reactive ketones (excluding diaryl/α,β-unsaturated/α-hetero) is 1. The van der Waals surface area contributed by atoms with Crippen molar-refractivity contribution in [2.75, 3.05) is 7.05 Å². The Hall–Kier alpha value is -2.50. The zero-order valence-corrected chi connectivity index (χ0v) is 10.5. The van der Waals surface area contributed by atoms with E-state index in [0.29, 0.717) is 5.69 Å². The van der Waals surface area contributed by atoms with Crippen LogP contribution in [0.3, 0.4) is 0 Å². The van der Waals surface area contributed by atoms with E-state index in [2.05, 4.69) is 10.4 Å². The van der Waals surface area contributed by atoms with Crippen molar-refractivity contribution in [3.05, 3.63) is 47.5 Å². The van der Waals surface area contributed by atoms with Crippen molar-refractivity contribution < 1.29 is 14.0 Å². The molecule has 0 spiro atoms. The molecule has 2 rings (SSSR count). The summed E-state index contributed by atoms with van der Waals surface area (Å²) in [5, 5.41) is 6.46. The lowest BCUT2D eigenvalue weighted by atomic mass is 10.1. The molecule has 0 aliphatic rings. The van der Waals surface area contributed by atoms with Crippen molar-refractivity contribution in [1.29, 1.82) is 0 Å². The number of hydrogen-bond acceptors (Lipinski definition) is 3. The molecule has 0 saturated carbocycles. The van der Waals surface area contributed by atoms with Crippen LogP contribution in [0.25, 0.3) is 5.69 Å². The fraction of sp³-hybridized carbons (Fsp3) is 0.154. The van der Waals surface area contributed by atoms with Crippen molar-refractivity contribution in [1.82, 2.24) is 15.1 Å². The van der Waals surface area contributed by atoms with Crippen LogP contribution in [0.15, 0.2) is 30.5 Å². The molecule has 2 aromatic rings. The first-order valence-corrected chi connectivity index (χ1v) is 5.62. The Morgan fingerprint density at radius 3 is 2.68 bits per heavy atom. The number of amides is 1. The smallest absolute Gasteiger partial charge is 0.271 e. The fourth-order valence-corrected chi connectivity index (χ4v) is 1.76. The first kappa shape index (κ1) is 12.9. The number of nitrogens with zero attached hydrogens (tertiary/aromatic N) is 2. The first-order valence-electron chi connectivity index (χ1n) is 5.62. The monoisotopic (exact) mass is 261 g/mol. The Kier molecular flexibility index (Phi) is 3.41. The number of benzene rings is 1.